The number of piperidine rings is 1. The van der Waals surface area contributed by atoms with Gasteiger partial charge in [-0.2, -0.15) is 4.98 Å². The van der Waals surface area contributed by atoms with Gasteiger partial charge in [0.1, 0.15) is 11.6 Å². The molecule has 0 amide bonds. The number of benzene rings is 1. The summed E-state index contributed by atoms with van der Waals surface area (Å²) in [6, 6.07) is 3.66. The highest BCUT2D eigenvalue weighted by Gasteiger charge is 2.34. The Bertz CT molecular complexity index is 1170. The first-order chi connectivity index (χ1) is 18.0. The van der Waals surface area contributed by atoms with E-state index in [-0.39, 0.29) is 17.5 Å². The van der Waals surface area contributed by atoms with Crippen LogP contribution >= 0.6 is 0 Å². The second-order valence-electron chi connectivity index (χ2n) is 9.54. The first-order valence-corrected chi connectivity index (χ1v) is 12.5. The first kappa shape index (κ1) is 25.3. The molecule has 2 aliphatic heterocycles. The molecule has 2 aromatic heterocycles. The summed E-state index contributed by atoms with van der Waals surface area (Å²) in [6.07, 6.45) is 5.79. The maximum atomic E-state index is 14.3. The average Bonchev–Trinajstić information content (AvgIpc) is 3.55. The smallest absolute Gasteiger partial charge is 0.324 e. The van der Waals surface area contributed by atoms with Crippen LogP contribution in [0.1, 0.15) is 30.1 Å². The van der Waals surface area contributed by atoms with Gasteiger partial charge in [0.15, 0.2) is 11.6 Å². The molecule has 5 rings (SSSR count). The lowest BCUT2D eigenvalue weighted by Crippen LogP contribution is -2.35. The Morgan fingerprint density at radius 3 is 2.65 bits per heavy atom. The van der Waals surface area contributed by atoms with Gasteiger partial charge in [0.2, 0.25) is 5.95 Å². The molecule has 4 heterocycles. The Balaban J connectivity index is 1.09. The summed E-state index contributed by atoms with van der Waals surface area (Å²) >= 11 is 0. The maximum absolute atomic E-state index is 14.3. The van der Waals surface area contributed by atoms with Crippen LogP contribution in [0.15, 0.2) is 35.1 Å². The summed E-state index contributed by atoms with van der Waals surface area (Å²) < 4.78 is 44.3. The van der Waals surface area contributed by atoms with E-state index in [4.69, 9.17) is 19.7 Å². The zero-order chi connectivity index (χ0) is 25.8. The molecule has 3 aromatic rings. The van der Waals surface area contributed by atoms with Crippen molar-refractivity contribution in [1.82, 2.24) is 20.1 Å². The molecule has 1 aromatic carbocycles. The topological polar surface area (TPSA) is 116 Å². The van der Waals surface area contributed by atoms with E-state index in [2.05, 4.69) is 25.0 Å². The maximum Gasteiger partial charge on any atom is 0.324 e. The molecule has 37 heavy (non-hydrogen) atoms. The van der Waals surface area contributed by atoms with Gasteiger partial charge in [0.05, 0.1) is 25.6 Å². The van der Waals surface area contributed by atoms with Crippen molar-refractivity contribution in [1.29, 1.82) is 0 Å². The van der Waals surface area contributed by atoms with Crippen LogP contribution in [-0.4, -0.2) is 72.7 Å². The van der Waals surface area contributed by atoms with E-state index in [1.165, 1.54) is 6.07 Å². The summed E-state index contributed by atoms with van der Waals surface area (Å²) in [7, 11) is 1.65. The Hall–Kier alpha value is -3.38. The van der Waals surface area contributed by atoms with Gasteiger partial charge in [-0.3, -0.25) is 0 Å². The van der Waals surface area contributed by atoms with Gasteiger partial charge in [-0.15, -0.1) is 0 Å². The van der Waals surface area contributed by atoms with Crippen LogP contribution in [-0.2, 0) is 11.2 Å². The highest BCUT2D eigenvalue weighted by Crippen LogP contribution is 2.31. The molecule has 12 heteroatoms. The van der Waals surface area contributed by atoms with E-state index in [9.17, 15) is 8.78 Å². The number of aromatic nitrogens is 4. The lowest BCUT2D eigenvalue weighted by molar-refractivity contribution is 0.199. The lowest BCUT2D eigenvalue weighted by Gasteiger charge is -2.30. The molecule has 2 atom stereocenters. The minimum Gasteiger partial charge on any atom is -0.490 e. The van der Waals surface area contributed by atoms with Crippen molar-refractivity contribution in [3.05, 3.63) is 53.6 Å². The first-order valence-electron chi connectivity index (χ1n) is 12.5. The summed E-state index contributed by atoms with van der Waals surface area (Å²) in [6.45, 7) is 3.62. The van der Waals surface area contributed by atoms with Crippen molar-refractivity contribution in [3.8, 4) is 5.75 Å². The number of nitrogens with zero attached hydrogens (tertiary/aromatic N) is 6. The lowest BCUT2D eigenvalue weighted by atomic mass is 9.94. The second-order valence-corrected chi connectivity index (χ2v) is 9.54. The van der Waals surface area contributed by atoms with E-state index in [1.807, 2.05) is 4.90 Å². The Morgan fingerprint density at radius 1 is 1.11 bits per heavy atom. The summed E-state index contributed by atoms with van der Waals surface area (Å²) in [5, 5.41) is 4.00. The van der Waals surface area contributed by atoms with E-state index >= 15 is 0 Å². The second kappa shape index (κ2) is 11.3. The quantitative estimate of drug-likeness (QED) is 0.456. The van der Waals surface area contributed by atoms with Gasteiger partial charge < -0.3 is 29.5 Å². The SMILES string of the molecule is COCCc1noc(N2CCC(COc3cnc(N4CC(N)C(c5cc(F)ccc5F)C4)nc3)CC2)n1. The molecule has 2 unspecified atom stereocenters. The number of halogens is 2. The van der Waals surface area contributed by atoms with Crippen molar-refractivity contribution >= 4 is 12.0 Å². The molecule has 2 fully saturated rings. The number of ether oxygens (including phenoxy) is 2. The molecule has 198 valence electrons. The van der Waals surface area contributed by atoms with Crippen LogP contribution in [0.5, 0.6) is 5.75 Å². The van der Waals surface area contributed by atoms with Crippen LogP contribution in [0.4, 0.5) is 20.7 Å². The number of hydrogen-bond acceptors (Lipinski definition) is 10. The van der Waals surface area contributed by atoms with Crippen molar-refractivity contribution in [2.75, 3.05) is 56.3 Å². The molecule has 0 saturated carbocycles. The predicted octanol–water partition coefficient (Wildman–Crippen LogP) is 2.55. The number of rotatable bonds is 9. The fourth-order valence-electron chi connectivity index (χ4n) is 4.84. The Kier molecular flexibility index (Phi) is 7.75. The largest absolute Gasteiger partial charge is 0.490 e. The number of anilines is 2. The summed E-state index contributed by atoms with van der Waals surface area (Å²) in [4.78, 5) is 17.3. The third-order valence-corrected chi connectivity index (χ3v) is 6.98. The van der Waals surface area contributed by atoms with Gasteiger partial charge >= 0.3 is 6.01 Å². The van der Waals surface area contributed by atoms with Gasteiger partial charge in [0, 0.05) is 51.7 Å². The molecule has 2 N–H and O–H groups in total. The monoisotopic (exact) mass is 515 g/mol. The molecule has 0 radical (unpaired) electrons. The molecule has 2 aliphatic rings. The molecule has 0 spiro atoms. The molecular formula is C25H31F2N7O3. The van der Waals surface area contributed by atoms with Crippen LogP contribution in [0.25, 0.3) is 0 Å². The molecule has 0 bridgehead atoms. The van der Waals surface area contributed by atoms with Gasteiger partial charge in [0.25, 0.3) is 0 Å². The Labute approximate surface area is 213 Å². The highest BCUT2D eigenvalue weighted by atomic mass is 19.1. The number of methoxy groups -OCH3 is 1. The van der Waals surface area contributed by atoms with E-state index in [0.29, 0.717) is 62.2 Å². The molecule has 2 saturated heterocycles. The van der Waals surface area contributed by atoms with Gasteiger partial charge in [-0.1, -0.05) is 5.16 Å². The summed E-state index contributed by atoms with van der Waals surface area (Å²) in [5.41, 5.74) is 6.54. The van der Waals surface area contributed by atoms with Crippen LogP contribution in [0.2, 0.25) is 0 Å². The zero-order valence-corrected chi connectivity index (χ0v) is 20.7. The molecular weight excluding hydrogens is 484 g/mol. The third-order valence-electron chi connectivity index (χ3n) is 6.98. The summed E-state index contributed by atoms with van der Waals surface area (Å²) in [5.74, 6) is 0.839. The van der Waals surface area contributed by atoms with E-state index in [1.54, 1.807) is 19.5 Å². The molecule has 0 aliphatic carbocycles. The van der Waals surface area contributed by atoms with E-state index < -0.39 is 11.6 Å². The predicted molar refractivity (Wildman–Crippen MR) is 132 cm³/mol. The highest BCUT2D eigenvalue weighted by molar-refractivity contribution is 5.39. The third kappa shape index (κ3) is 5.96. The average molecular weight is 516 g/mol. The van der Waals surface area contributed by atoms with Crippen LogP contribution in [0.3, 0.4) is 0 Å². The van der Waals surface area contributed by atoms with Crippen molar-refractivity contribution < 1.29 is 22.8 Å². The zero-order valence-electron chi connectivity index (χ0n) is 20.7. The standard InChI is InChI=1S/C25H31F2N7O3/c1-35-9-6-23-31-25(37-32-23)33-7-4-16(5-8-33)15-36-18-11-29-24(30-12-18)34-13-20(22(28)14-34)19-10-17(26)2-3-21(19)27/h2-3,10-12,16,20,22H,4-9,13-15,28H2,1H3. The van der Waals surface area contributed by atoms with Crippen molar-refractivity contribution in [2.45, 2.75) is 31.2 Å². The molecule has 10 nitrogen and oxygen atoms in total. The van der Waals surface area contributed by atoms with Crippen LogP contribution in [0, 0.1) is 17.6 Å². The number of hydrogen-bond donors (Lipinski definition) is 1. The number of nitrogens with two attached hydrogens (primary N) is 1. The fourth-order valence-corrected chi connectivity index (χ4v) is 4.84. The van der Waals surface area contributed by atoms with Crippen molar-refractivity contribution in [2.24, 2.45) is 11.7 Å². The van der Waals surface area contributed by atoms with Gasteiger partial charge in [-0.05, 0) is 42.5 Å². The van der Waals surface area contributed by atoms with Crippen LogP contribution < -0.4 is 20.3 Å². The Morgan fingerprint density at radius 2 is 1.89 bits per heavy atom. The van der Waals surface area contributed by atoms with Crippen molar-refractivity contribution in [3.63, 3.8) is 0 Å². The normalized spacial score (nSPS) is 20.5. The fraction of sp³-hybridized carbons (Fsp3) is 0.520. The van der Waals surface area contributed by atoms with E-state index in [0.717, 1.165) is 38.1 Å². The minimum absolute atomic E-state index is 0.284. The van der Waals surface area contributed by atoms with Gasteiger partial charge in [-0.25, -0.2) is 18.7 Å². The minimum atomic E-state index is -0.479.